The Kier molecular flexibility index (Phi) is 2.96. The van der Waals surface area contributed by atoms with Gasteiger partial charge in [-0.2, -0.15) is 0 Å². The molecule has 13 heavy (non-hydrogen) atoms. The third kappa shape index (κ3) is 2.29. The van der Waals surface area contributed by atoms with Gasteiger partial charge < -0.3 is 4.74 Å². The fourth-order valence-electron chi connectivity index (χ4n) is 1.60. The van der Waals surface area contributed by atoms with Crippen LogP contribution in [0.5, 0.6) is 0 Å². The molecule has 3 heteroatoms. The quantitative estimate of drug-likeness (QED) is 0.741. The molecule has 0 amide bonds. The molecule has 1 atom stereocenters. The highest BCUT2D eigenvalue weighted by molar-refractivity contribution is 7.09. The first-order valence-electron chi connectivity index (χ1n) is 4.89. The van der Waals surface area contributed by atoms with Gasteiger partial charge in [0.05, 0.1) is 10.7 Å². The van der Waals surface area contributed by atoms with E-state index in [2.05, 4.69) is 17.3 Å². The number of ether oxygens (including phenoxy) is 1. The molecule has 0 spiro atoms. The van der Waals surface area contributed by atoms with Crippen molar-refractivity contribution in [2.24, 2.45) is 5.92 Å². The first-order valence-corrected chi connectivity index (χ1v) is 5.77. The van der Waals surface area contributed by atoms with E-state index in [4.69, 9.17) is 4.74 Å². The van der Waals surface area contributed by atoms with Gasteiger partial charge in [0.1, 0.15) is 0 Å². The lowest BCUT2D eigenvalue weighted by Crippen LogP contribution is -2.03. The summed E-state index contributed by atoms with van der Waals surface area (Å²) in [7, 11) is 0. The van der Waals surface area contributed by atoms with Crippen LogP contribution >= 0.6 is 11.3 Å². The number of aryl methyl sites for hydroxylation is 1. The summed E-state index contributed by atoms with van der Waals surface area (Å²) in [6.45, 7) is 4.02. The van der Waals surface area contributed by atoms with E-state index in [-0.39, 0.29) is 0 Å². The van der Waals surface area contributed by atoms with E-state index < -0.39 is 0 Å². The number of rotatable bonds is 3. The second-order valence-electron chi connectivity index (χ2n) is 3.52. The molecule has 1 saturated heterocycles. The van der Waals surface area contributed by atoms with Crippen LogP contribution in [0.4, 0.5) is 0 Å². The van der Waals surface area contributed by atoms with Gasteiger partial charge in [-0.15, -0.1) is 11.3 Å². The van der Waals surface area contributed by atoms with Crippen molar-refractivity contribution in [3.05, 3.63) is 16.1 Å². The third-order valence-electron chi connectivity index (χ3n) is 2.45. The molecule has 0 N–H and O–H groups in total. The van der Waals surface area contributed by atoms with Gasteiger partial charge >= 0.3 is 0 Å². The van der Waals surface area contributed by atoms with Crippen molar-refractivity contribution >= 4 is 11.3 Å². The molecule has 2 nitrogen and oxygen atoms in total. The molecule has 1 aromatic rings. The maximum Gasteiger partial charge on any atom is 0.0931 e. The fraction of sp³-hybridized carbons (Fsp3) is 0.700. The maximum absolute atomic E-state index is 5.34. The van der Waals surface area contributed by atoms with Crippen LogP contribution in [0, 0.1) is 5.92 Å². The molecular formula is C10H15NOS. The molecule has 1 aliphatic heterocycles. The number of hydrogen-bond donors (Lipinski definition) is 0. The Morgan fingerprint density at radius 2 is 2.62 bits per heavy atom. The SMILES string of the molecule is CCc1csc(CC2CCOC2)n1. The van der Waals surface area contributed by atoms with Crippen LogP contribution in [-0.4, -0.2) is 18.2 Å². The Labute approximate surface area is 83.0 Å². The Morgan fingerprint density at radius 1 is 1.69 bits per heavy atom. The van der Waals surface area contributed by atoms with Crippen molar-refractivity contribution < 1.29 is 4.74 Å². The molecule has 0 aromatic carbocycles. The Morgan fingerprint density at radius 3 is 3.23 bits per heavy atom. The van der Waals surface area contributed by atoms with E-state index in [1.165, 1.54) is 17.1 Å². The van der Waals surface area contributed by atoms with E-state index in [1.54, 1.807) is 11.3 Å². The molecule has 2 heterocycles. The second-order valence-corrected chi connectivity index (χ2v) is 4.46. The molecular weight excluding hydrogens is 182 g/mol. The van der Waals surface area contributed by atoms with Crippen LogP contribution in [0.1, 0.15) is 24.0 Å². The molecule has 1 aromatic heterocycles. The number of aromatic nitrogens is 1. The number of nitrogens with zero attached hydrogens (tertiary/aromatic N) is 1. The monoisotopic (exact) mass is 197 g/mol. The van der Waals surface area contributed by atoms with Crippen LogP contribution in [0.2, 0.25) is 0 Å². The van der Waals surface area contributed by atoms with Gasteiger partial charge in [-0.3, -0.25) is 0 Å². The summed E-state index contributed by atoms with van der Waals surface area (Å²) in [6.07, 6.45) is 3.38. The summed E-state index contributed by atoms with van der Waals surface area (Å²) in [5, 5.41) is 3.46. The van der Waals surface area contributed by atoms with Crippen molar-refractivity contribution in [1.82, 2.24) is 4.98 Å². The van der Waals surface area contributed by atoms with Gasteiger partial charge in [-0.05, 0) is 18.8 Å². The lowest BCUT2D eigenvalue weighted by Gasteiger charge is -2.02. The van der Waals surface area contributed by atoms with Crippen LogP contribution in [0.15, 0.2) is 5.38 Å². The van der Waals surface area contributed by atoms with Crippen LogP contribution < -0.4 is 0 Å². The summed E-state index contributed by atoms with van der Waals surface area (Å²) in [4.78, 5) is 4.56. The van der Waals surface area contributed by atoms with E-state index in [9.17, 15) is 0 Å². The molecule has 1 fully saturated rings. The molecule has 1 unspecified atom stereocenters. The van der Waals surface area contributed by atoms with Crippen LogP contribution in [0.25, 0.3) is 0 Å². The zero-order valence-corrected chi connectivity index (χ0v) is 8.77. The van der Waals surface area contributed by atoms with Gasteiger partial charge in [-0.1, -0.05) is 6.92 Å². The Balaban J connectivity index is 1.92. The van der Waals surface area contributed by atoms with Crippen molar-refractivity contribution in [3.8, 4) is 0 Å². The van der Waals surface area contributed by atoms with E-state index in [0.717, 1.165) is 32.0 Å². The van der Waals surface area contributed by atoms with Crippen molar-refractivity contribution in [3.63, 3.8) is 0 Å². The third-order valence-corrected chi connectivity index (χ3v) is 3.37. The second kappa shape index (κ2) is 4.20. The predicted molar refractivity (Wildman–Crippen MR) is 54.1 cm³/mol. The smallest absolute Gasteiger partial charge is 0.0931 e. The van der Waals surface area contributed by atoms with E-state index >= 15 is 0 Å². The lowest BCUT2D eigenvalue weighted by molar-refractivity contribution is 0.186. The van der Waals surface area contributed by atoms with Crippen LogP contribution in [0.3, 0.4) is 0 Å². The summed E-state index contributed by atoms with van der Waals surface area (Å²) in [5.41, 5.74) is 1.24. The van der Waals surface area contributed by atoms with E-state index in [0.29, 0.717) is 0 Å². The zero-order chi connectivity index (χ0) is 9.10. The highest BCUT2D eigenvalue weighted by atomic mass is 32.1. The Bertz CT molecular complexity index is 266. The van der Waals surface area contributed by atoms with Crippen molar-refractivity contribution in [2.45, 2.75) is 26.2 Å². The van der Waals surface area contributed by atoms with Gasteiger partial charge in [-0.25, -0.2) is 4.98 Å². The molecule has 0 bridgehead atoms. The molecule has 0 aliphatic carbocycles. The number of thiazole rings is 1. The topological polar surface area (TPSA) is 22.1 Å². The molecule has 0 radical (unpaired) electrons. The lowest BCUT2D eigenvalue weighted by atomic mass is 10.1. The summed E-state index contributed by atoms with van der Waals surface area (Å²) in [6, 6.07) is 0. The van der Waals surface area contributed by atoms with Crippen molar-refractivity contribution in [1.29, 1.82) is 0 Å². The summed E-state index contributed by atoms with van der Waals surface area (Å²) in [5.74, 6) is 0.718. The average Bonchev–Trinajstić information content (AvgIpc) is 2.76. The van der Waals surface area contributed by atoms with Gasteiger partial charge in [0, 0.05) is 25.0 Å². The number of hydrogen-bond acceptors (Lipinski definition) is 3. The standard InChI is InChI=1S/C10H15NOS/c1-2-9-7-13-10(11-9)5-8-3-4-12-6-8/h7-8H,2-6H2,1H3. The molecule has 0 saturated carbocycles. The fourth-order valence-corrected chi connectivity index (χ4v) is 2.59. The van der Waals surface area contributed by atoms with Crippen LogP contribution in [-0.2, 0) is 17.6 Å². The average molecular weight is 197 g/mol. The molecule has 2 rings (SSSR count). The first-order chi connectivity index (χ1) is 6.38. The van der Waals surface area contributed by atoms with Crippen molar-refractivity contribution in [2.75, 3.05) is 13.2 Å². The minimum atomic E-state index is 0.718. The zero-order valence-electron chi connectivity index (χ0n) is 7.95. The maximum atomic E-state index is 5.34. The highest BCUT2D eigenvalue weighted by Gasteiger charge is 2.17. The summed E-state index contributed by atoms with van der Waals surface area (Å²) < 4.78 is 5.34. The first kappa shape index (κ1) is 9.16. The summed E-state index contributed by atoms with van der Waals surface area (Å²) >= 11 is 1.79. The minimum absolute atomic E-state index is 0.718. The van der Waals surface area contributed by atoms with Gasteiger partial charge in [0.2, 0.25) is 0 Å². The molecule has 72 valence electrons. The van der Waals surface area contributed by atoms with E-state index in [1.807, 2.05) is 0 Å². The minimum Gasteiger partial charge on any atom is -0.381 e. The van der Waals surface area contributed by atoms with Gasteiger partial charge in [0.25, 0.3) is 0 Å². The molecule has 1 aliphatic rings. The normalized spacial score (nSPS) is 22.4. The van der Waals surface area contributed by atoms with Gasteiger partial charge in [0.15, 0.2) is 0 Å². The largest absolute Gasteiger partial charge is 0.381 e. The predicted octanol–water partition coefficient (Wildman–Crippen LogP) is 2.28. The Hall–Kier alpha value is -0.410. The highest BCUT2D eigenvalue weighted by Crippen LogP contribution is 2.20.